The molecule has 0 aliphatic carbocycles. The molecule has 0 saturated heterocycles. The van der Waals surface area contributed by atoms with Crippen molar-refractivity contribution in [2.24, 2.45) is 0 Å². The maximum Gasteiger partial charge on any atom is 0.0701 e. The van der Waals surface area contributed by atoms with E-state index in [0.717, 1.165) is 6.42 Å². The molecular formula is C16H26O5. The first-order valence-corrected chi connectivity index (χ1v) is 7.39. The summed E-state index contributed by atoms with van der Waals surface area (Å²) in [6.07, 6.45) is 0.928. The molecule has 5 nitrogen and oxygen atoms in total. The molecule has 0 saturated carbocycles. The summed E-state index contributed by atoms with van der Waals surface area (Å²) >= 11 is 0. The van der Waals surface area contributed by atoms with Crippen molar-refractivity contribution < 1.29 is 24.1 Å². The maximum atomic E-state index is 8.49. The molecule has 0 aliphatic heterocycles. The number of ether oxygens (including phenoxy) is 4. The van der Waals surface area contributed by atoms with E-state index >= 15 is 0 Å². The molecule has 0 bridgehead atoms. The molecule has 0 atom stereocenters. The van der Waals surface area contributed by atoms with Crippen LogP contribution >= 0.6 is 0 Å². The first kappa shape index (κ1) is 18.1. The molecule has 1 rings (SSSR count). The summed E-state index contributed by atoms with van der Waals surface area (Å²) < 4.78 is 21.2. The van der Waals surface area contributed by atoms with E-state index in [1.807, 2.05) is 18.2 Å². The molecule has 0 radical (unpaired) electrons. The highest BCUT2D eigenvalue weighted by molar-refractivity contribution is 5.14. The highest BCUT2D eigenvalue weighted by Crippen LogP contribution is 1.99. The largest absolute Gasteiger partial charge is 0.394 e. The Morgan fingerprint density at radius 2 is 1.10 bits per heavy atom. The quantitative estimate of drug-likeness (QED) is 0.525. The molecule has 0 unspecified atom stereocenters. The van der Waals surface area contributed by atoms with Gasteiger partial charge in [-0.2, -0.15) is 0 Å². The van der Waals surface area contributed by atoms with Gasteiger partial charge in [0.25, 0.3) is 0 Å². The van der Waals surface area contributed by atoms with Crippen LogP contribution < -0.4 is 0 Å². The van der Waals surface area contributed by atoms with E-state index in [9.17, 15) is 0 Å². The fourth-order valence-electron chi connectivity index (χ4n) is 1.66. The Hall–Kier alpha value is -0.980. The molecular weight excluding hydrogens is 272 g/mol. The highest BCUT2D eigenvalue weighted by Gasteiger charge is 1.94. The van der Waals surface area contributed by atoms with Crippen LogP contribution in [-0.4, -0.2) is 64.6 Å². The first-order valence-electron chi connectivity index (χ1n) is 7.39. The number of hydrogen-bond donors (Lipinski definition) is 1. The summed E-state index contributed by atoms with van der Waals surface area (Å²) in [5.74, 6) is 0. The fraction of sp³-hybridized carbons (Fsp3) is 0.625. The van der Waals surface area contributed by atoms with E-state index in [1.165, 1.54) is 5.56 Å². The lowest BCUT2D eigenvalue weighted by Gasteiger charge is -2.07. The molecule has 0 aromatic heterocycles. The highest BCUT2D eigenvalue weighted by atomic mass is 16.6. The van der Waals surface area contributed by atoms with E-state index in [-0.39, 0.29) is 6.61 Å². The van der Waals surface area contributed by atoms with Crippen molar-refractivity contribution in [1.29, 1.82) is 0 Å². The van der Waals surface area contributed by atoms with E-state index in [2.05, 4.69) is 12.1 Å². The van der Waals surface area contributed by atoms with Crippen molar-refractivity contribution in [1.82, 2.24) is 0 Å². The number of aliphatic hydroxyl groups is 1. The molecule has 0 spiro atoms. The summed E-state index contributed by atoms with van der Waals surface area (Å²) in [4.78, 5) is 0. The average molecular weight is 298 g/mol. The van der Waals surface area contributed by atoms with Gasteiger partial charge < -0.3 is 24.1 Å². The van der Waals surface area contributed by atoms with Crippen LogP contribution in [0.2, 0.25) is 0 Å². The SMILES string of the molecule is OCCOCCOCCOCCOCCc1ccccc1. The Morgan fingerprint density at radius 1 is 0.619 bits per heavy atom. The van der Waals surface area contributed by atoms with Crippen molar-refractivity contribution in [2.75, 3.05) is 59.5 Å². The van der Waals surface area contributed by atoms with E-state index in [4.69, 9.17) is 24.1 Å². The van der Waals surface area contributed by atoms with Gasteiger partial charge in [-0.3, -0.25) is 0 Å². The van der Waals surface area contributed by atoms with Crippen LogP contribution in [0.25, 0.3) is 0 Å². The second-order valence-electron chi connectivity index (χ2n) is 4.41. The fourth-order valence-corrected chi connectivity index (χ4v) is 1.66. The lowest BCUT2D eigenvalue weighted by molar-refractivity contribution is -0.00522. The van der Waals surface area contributed by atoms with Crippen molar-refractivity contribution in [3.63, 3.8) is 0 Å². The number of rotatable bonds is 14. The first-order chi connectivity index (χ1) is 10.4. The summed E-state index contributed by atoms with van der Waals surface area (Å²) in [7, 11) is 0. The summed E-state index contributed by atoms with van der Waals surface area (Å²) in [6, 6.07) is 10.3. The molecule has 21 heavy (non-hydrogen) atoms. The van der Waals surface area contributed by atoms with E-state index < -0.39 is 0 Å². The van der Waals surface area contributed by atoms with Crippen molar-refractivity contribution in [2.45, 2.75) is 6.42 Å². The summed E-state index contributed by atoms with van der Waals surface area (Å²) in [5, 5.41) is 8.49. The lowest BCUT2D eigenvalue weighted by atomic mass is 10.2. The smallest absolute Gasteiger partial charge is 0.0701 e. The Bertz CT molecular complexity index is 318. The van der Waals surface area contributed by atoms with Crippen LogP contribution in [0, 0.1) is 0 Å². The molecule has 0 heterocycles. The van der Waals surface area contributed by atoms with Crippen molar-refractivity contribution in [3.8, 4) is 0 Å². The van der Waals surface area contributed by atoms with E-state index in [1.54, 1.807) is 0 Å². The predicted molar refractivity (Wildman–Crippen MR) is 80.5 cm³/mol. The summed E-state index contributed by atoms with van der Waals surface area (Å²) in [6.45, 7) is 4.44. The Kier molecular flexibility index (Phi) is 12.0. The minimum atomic E-state index is 0.0490. The number of hydrogen-bond acceptors (Lipinski definition) is 5. The second kappa shape index (κ2) is 14.0. The Balaban J connectivity index is 1.75. The van der Waals surface area contributed by atoms with Gasteiger partial charge in [-0.15, -0.1) is 0 Å². The minimum absolute atomic E-state index is 0.0490. The molecule has 1 N–H and O–H groups in total. The standard InChI is InChI=1S/C16H26O5/c17-7-9-19-11-13-21-15-14-20-12-10-18-8-6-16-4-2-1-3-5-16/h1-5,17H,6-15H2. The molecule has 0 fully saturated rings. The normalized spacial score (nSPS) is 10.9. The van der Waals surface area contributed by atoms with Crippen LogP contribution in [0.3, 0.4) is 0 Å². The minimum Gasteiger partial charge on any atom is -0.394 e. The monoisotopic (exact) mass is 298 g/mol. The molecule has 0 aliphatic rings. The van der Waals surface area contributed by atoms with Gasteiger partial charge in [0, 0.05) is 0 Å². The zero-order valence-electron chi connectivity index (χ0n) is 12.5. The van der Waals surface area contributed by atoms with Crippen LogP contribution in [0.5, 0.6) is 0 Å². The molecule has 1 aromatic rings. The van der Waals surface area contributed by atoms with E-state index in [0.29, 0.717) is 52.9 Å². The third kappa shape index (κ3) is 11.4. The van der Waals surface area contributed by atoms with Gasteiger partial charge in [-0.05, 0) is 12.0 Å². The second-order valence-corrected chi connectivity index (χ2v) is 4.41. The van der Waals surface area contributed by atoms with Crippen LogP contribution in [0.15, 0.2) is 30.3 Å². The third-order valence-corrected chi connectivity index (χ3v) is 2.73. The van der Waals surface area contributed by atoms with Gasteiger partial charge in [0.15, 0.2) is 0 Å². The Labute approximate surface area is 126 Å². The van der Waals surface area contributed by atoms with Crippen LogP contribution in [-0.2, 0) is 25.4 Å². The summed E-state index contributed by atoms with van der Waals surface area (Å²) in [5.41, 5.74) is 1.29. The molecule has 0 amide bonds. The van der Waals surface area contributed by atoms with Gasteiger partial charge in [0.2, 0.25) is 0 Å². The Morgan fingerprint density at radius 3 is 1.62 bits per heavy atom. The topological polar surface area (TPSA) is 57.2 Å². The van der Waals surface area contributed by atoms with Gasteiger partial charge in [0.05, 0.1) is 59.5 Å². The van der Waals surface area contributed by atoms with Crippen molar-refractivity contribution >= 4 is 0 Å². The zero-order chi connectivity index (χ0) is 15.0. The average Bonchev–Trinajstić information content (AvgIpc) is 2.53. The van der Waals surface area contributed by atoms with Gasteiger partial charge in [-0.25, -0.2) is 0 Å². The van der Waals surface area contributed by atoms with Crippen LogP contribution in [0.4, 0.5) is 0 Å². The number of aliphatic hydroxyl groups excluding tert-OH is 1. The van der Waals surface area contributed by atoms with Gasteiger partial charge in [0.1, 0.15) is 0 Å². The number of benzene rings is 1. The zero-order valence-corrected chi connectivity index (χ0v) is 12.5. The maximum absolute atomic E-state index is 8.49. The molecule has 5 heteroatoms. The predicted octanol–water partition coefficient (Wildman–Crippen LogP) is 1.29. The molecule has 1 aromatic carbocycles. The van der Waals surface area contributed by atoms with Crippen molar-refractivity contribution in [3.05, 3.63) is 35.9 Å². The van der Waals surface area contributed by atoms with Gasteiger partial charge in [-0.1, -0.05) is 30.3 Å². The van der Waals surface area contributed by atoms with Gasteiger partial charge >= 0.3 is 0 Å². The van der Waals surface area contributed by atoms with Crippen LogP contribution in [0.1, 0.15) is 5.56 Å². The molecule has 120 valence electrons. The lowest BCUT2D eigenvalue weighted by Crippen LogP contribution is -2.13. The third-order valence-electron chi connectivity index (χ3n) is 2.73.